The average Bonchev–Trinajstić information content (AvgIpc) is 2.46. The van der Waals surface area contributed by atoms with E-state index in [1.807, 2.05) is 0 Å². The van der Waals surface area contributed by atoms with E-state index in [2.05, 4.69) is 11.8 Å². The molecule has 0 aromatic rings. The number of ether oxygens (including phenoxy) is 2. The first-order valence-corrected chi connectivity index (χ1v) is 7.45. The largest absolute Gasteiger partial charge is 0.381 e. The second kappa shape index (κ2) is 6.85. The summed E-state index contributed by atoms with van der Waals surface area (Å²) in [5.41, 5.74) is 6.25. The van der Waals surface area contributed by atoms with Gasteiger partial charge in [-0.25, -0.2) is 0 Å². The van der Waals surface area contributed by atoms with E-state index in [0.29, 0.717) is 6.10 Å². The van der Waals surface area contributed by atoms with Gasteiger partial charge in [-0.2, -0.15) is 0 Å². The zero-order valence-corrected chi connectivity index (χ0v) is 11.7. The lowest BCUT2D eigenvalue weighted by atomic mass is 9.86. The van der Waals surface area contributed by atoms with Crippen molar-refractivity contribution in [1.82, 2.24) is 4.90 Å². The Labute approximate surface area is 111 Å². The van der Waals surface area contributed by atoms with Crippen molar-refractivity contribution >= 4 is 0 Å². The van der Waals surface area contributed by atoms with Crippen LogP contribution in [0.15, 0.2) is 0 Å². The first kappa shape index (κ1) is 14.3. The third kappa shape index (κ3) is 3.23. The number of likely N-dealkylation sites (tertiary alicyclic amines) is 1. The molecule has 2 rings (SSSR count). The highest BCUT2D eigenvalue weighted by molar-refractivity contribution is 4.96. The van der Waals surface area contributed by atoms with Gasteiger partial charge in [-0.1, -0.05) is 6.92 Å². The molecule has 0 amide bonds. The Hall–Kier alpha value is -0.160. The molecule has 4 heteroatoms. The summed E-state index contributed by atoms with van der Waals surface area (Å²) in [7, 11) is 0. The van der Waals surface area contributed by atoms with Crippen LogP contribution in [0.3, 0.4) is 0 Å². The maximum absolute atomic E-state index is 6.08. The molecule has 18 heavy (non-hydrogen) atoms. The van der Waals surface area contributed by atoms with Crippen LogP contribution in [0.25, 0.3) is 0 Å². The predicted octanol–water partition coefficient (Wildman–Crippen LogP) is 1.39. The van der Waals surface area contributed by atoms with Crippen LogP contribution in [0.1, 0.15) is 39.0 Å². The topological polar surface area (TPSA) is 47.7 Å². The van der Waals surface area contributed by atoms with Gasteiger partial charge in [0.2, 0.25) is 0 Å². The Morgan fingerprint density at radius 1 is 1.39 bits per heavy atom. The van der Waals surface area contributed by atoms with Crippen molar-refractivity contribution in [2.45, 2.75) is 50.7 Å². The van der Waals surface area contributed by atoms with E-state index in [0.717, 1.165) is 52.2 Å². The fourth-order valence-corrected chi connectivity index (χ4v) is 3.19. The lowest BCUT2D eigenvalue weighted by molar-refractivity contribution is -0.0723. The first-order chi connectivity index (χ1) is 8.80. The van der Waals surface area contributed by atoms with Crippen molar-refractivity contribution in [3.05, 3.63) is 0 Å². The molecule has 0 bridgehead atoms. The standard InChI is InChI=1S/C14H28N2O2/c1-2-8-18-13-4-3-7-16(11-13)14(12-15)5-9-17-10-6-14/h13H,2-12,15H2,1H3. The summed E-state index contributed by atoms with van der Waals surface area (Å²) in [5, 5.41) is 0. The Bertz CT molecular complexity index is 242. The summed E-state index contributed by atoms with van der Waals surface area (Å²) in [4.78, 5) is 2.58. The van der Waals surface area contributed by atoms with Crippen molar-refractivity contribution in [3.63, 3.8) is 0 Å². The number of nitrogens with two attached hydrogens (primary N) is 1. The Kier molecular flexibility index (Phi) is 5.42. The van der Waals surface area contributed by atoms with Crippen LogP contribution < -0.4 is 5.73 Å². The second-order valence-corrected chi connectivity index (χ2v) is 5.62. The Balaban J connectivity index is 1.93. The van der Waals surface area contributed by atoms with E-state index >= 15 is 0 Å². The van der Waals surface area contributed by atoms with Gasteiger partial charge in [0.1, 0.15) is 0 Å². The third-order valence-electron chi connectivity index (χ3n) is 4.41. The van der Waals surface area contributed by atoms with Crippen LogP contribution in [-0.4, -0.2) is 56.0 Å². The molecule has 0 saturated carbocycles. The summed E-state index contributed by atoms with van der Waals surface area (Å²) in [6.45, 7) is 7.73. The molecular weight excluding hydrogens is 228 g/mol. The van der Waals surface area contributed by atoms with E-state index < -0.39 is 0 Å². The van der Waals surface area contributed by atoms with E-state index in [-0.39, 0.29) is 5.54 Å². The summed E-state index contributed by atoms with van der Waals surface area (Å²) < 4.78 is 11.4. The molecule has 2 aliphatic rings. The maximum Gasteiger partial charge on any atom is 0.0702 e. The van der Waals surface area contributed by atoms with Crippen LogP contribution >= 0.6 is 0 Å². The minimum Gasteiger partial charge on any atom is -0.381 e. The Morgan fingerprint density at radius 2 is 2.17 bits per heavy atom. The van der Waals surface area contributed by atoms with Crippen molar-refractivity contribution in [1.29, 1.82) is 0 Å². The van der Waals surface area contributed by atoms with Crippen molar-refractivity contribution < 1.29 is 9.47 Å². The van der Waals surface area contributed by atoms with Gasteiger partial charge >= 0.3 is 0 Å². The molecule has 0 spiro atoms. The monoisotopic (exact) mass is 256 g/mol. The minimum atomic E-state index is 0.173. The normalized spacial score (nSPS) is 29.3. The van der Waals surface area contributed by atoms with Crippen LogP contribution in [0.4, 0.5) is 0 Å². The summed E-state index contributed by atoms with van der Waals surface area (Å²) in [6, 6.07) is 0. The smallest absolute Gasteiger partial charge is 0.0702 e. The molecule has 2 fully saturated rings. The van der Waals surface area contributed by atoms with Gasteiger partial charge in [-0.3, -0.25) is 4.90 Å². The molecule has 0 aliphatic carbocycles. The predicted molar refractivity (Wildman–Crippen MR) is 72.7 cm³/mol. The van der Waals surface area contributed by atoms with Gasteiger partial charge in [0.25, 0.3) is 0 Å². The summed E-state index contributed by atoms with van der Waals surface area (Å²) in [5.74, 6) is 0. The van der Waals surface area contributed by atoms with Crippen LogP contribution in [-0.2, 0) is 9.47 Å². The second-order valence-electron chi connectivity index (χ2n) is 5.62. The molecule has 2 heterocycles. The molecule has 2 saturated heterocycles. The highest BCUT2D eigenvalue weighted by Gasteiger charge is 2.39. The number of hydrogen-bond acceptors (Lipinski definition) is 4. The van der Waals surface area contributed by atoms with Gasteiger partial charge in [-0.05, 0) is 38.6 Å². The van der Waals surface area contributed by atoms with Crippen molar-refractivity contribution in [2.75, 3.05) is 39.5 Å². The minimum absolute atomic E-state index is 0.173. The number of hydrogen-bond donors (Lipinski definition) is 1. The highest BCUT2D eigenvalue weighted by Crippen LogP contribution is 2.30. The number of rotatable bonds is 5. The molecule has 2 aliphatic heterocycles. The van der Waals surface area contributed by atoms with Gasteiger partial charge in [-0.15, -0.1) is 0 Å². The first-order valence-electron chi connectivity index (χ1n) is 7.45. The quantitative estimate of drug-likeness (QED) is 0.807. The molecule has 0 radical (unpaired) electrons. The molecule has 1 unspecified atom stereocenters. The fourth-order valence-electron chi connectivity index (χ4n) is 3.19. The van der Waals surface area contributed by atoms with E-state index in [1.54, 1.807) is 0 Å². The SMILES string of the molecule is CCCOC1CCCN(C2(CN)CCOCC2)C1. The lowest BCUT2D eigenvalue weighted by Crippen LogP contribution is -2.60. The van der Waals surface area contributed by atoms with Crippen LogP contribution in [0.5, 0.6) is 0 Å². The van der Waals surface area contributed by atoms with Gasteiger partial charge in [0, 0.05) is 38.4 Å². The van der Waals surface area contributed by atoms with Gasteiger partial charge < -0.3 is 15.2 Å². The molecule has 2 N–H and O–H groups in total. The molecule has 0 aromatic heterocycles. The molecule has 1 atom stereocenters. The molecule has 4 nitrogen and oxygen atoms in total. The average molecular weight is 256 g/mol. The van der Waals surface area contributed by atoms with E-state index in [1.165, 1.54) is 19.4 Å². The third-order valence-corrected chi connectivity index (χ3v) is 4.41. The number of nitrogens with zero attached hydrogens (tertiary/aromatic N) is 1. The fraction of sp³-hybridized carbons (Fsp3) is 1.00. The van der Waals surface area contributed by atoms with Crippen LogP contribution in [0, 0.1) is 0 Å². The summed E-state index contributed by atoms with van der Waals surface area (Å²) in [6.07, 6.45) is 6.09. The van der Waals surface area contributed by atoms with Crippen molar-refractivity contribution in [2.24, 2.45) is 5.73 Å². The zero-order valence-electron chi connectivity index (χ0n) is 11.7. The van der Waals surface area contributed by atoms with Crippen molar-refractivity contribution in [3.8, 4) is 0 Å². The highest BCUT2D eigenvalue weighted by atomic mass is 16.5. The molecule has 106 valence electrons. The number of piperidine rings is 1. The van der Waals surface area contributed by atoms with Gasteiger partial charge in [0.15, 0.2) is 0 Å². The van der Waals surface area contributed by atoms with Gasteiger partial charge in [0.05, 0.1) is 6.10 Å². The lowest BCUT2D eigenvalue weighted by Gasteiger charge is -2.48. The maximum atomic E-state index is 6.08. The zero-order chi connectivity index (χ0) is 12.8. The van der Waals surface area contributed by atoms with E-state index in [4.69, 9.17) is 15.2 Å². The molecule has 0 aromatic carbocycles. The Morgan fingerprint density at radius 3 is 2.83 bits per heavy atom. The summed E-state index contributed by atoms with van der Waals surface area (Å²) >= 11 is 0. The molecular formula is C14H28N2O2. The van der Waals surface area contributed by atoms with E-state index in [9.17, 15) is 0 Å². The van der Waals surface area contributed by atoms with Crippen LogP contribution in [0.2, 0.25) is 0 Å².